The lowest BCUT2D eigenvalue weighted by Crippen LogP contribution is -2.30. The van der Waals surface area contributed by atoms with E-state index in [-0.39, 0.29) is 25.7 Å². The highest BCUT2D eigenvalue weighted by Gasteiger charge is 2.30. The lowest BCUT2D eigenvalue weighted by Gasteiger charge is -2.21. The van der Waals surface area contributed by atoms with E-state index in [0.717, 1.165) is 89.9 Å². The van der Waals surface area contributed by atoms with Crippen LogP contribution in [0.4, 0.5) is 0 Å². The molecule has 2 unspecified atom stereocenters. The van der Waals surface area contributed by atoms with Crippen LogP contribution >= 0.6 is 15.6 Å². The second-order valence-corrected chi connectivity index (χ2v) is 31.7. The van der Waals surface area contributed by atoms with Crippen LogP contribution in [-0.4, -0.2) is 96.7 Å². The first-order valence-electron chi connectivity index (χ1n) is 41.8. The van der Waals surface area contributed by atoms with Crippen molar-refractivity contribution in [3.63, 3.8) is 0 Å². The lowest BCUT2D eigenvalue weighted by atomic mass is 10.0. The van der Waals surface area contributed by atoms with E-state index in [1.165, 1.54) is 263 Å². The van der Waals surface area contributed by atoms with Crippen LogP contribution in [0, 0.1) is 0 Å². The minimum Gasteiger partial charge on any atom is -0.462 e. The molecule has 3 N–H and O–H groups in total. The molecule has 588 valence electrons. The topological polar surface area (TPSA) is 237 Å². The van der Waals surface area contributed by atoms with E-state index in [0.29, 0.717) is 25.7 Å². The smallest absolute Gasteiger partial charge is 0.462 e. The highest BCUT2D eigenvalue weighted by molar-refractivity contribution is 7.47. The van der Waals surface area contributed by atoms with Gasteiger partial charge in [0.25, 0.3) is 0 Å². The van der Waals surface area contributed by atoms with Gasteiger partial charge in [0.05, 0.1) is 26.4 Å². The van der Waals surface area contributed by atoms with Crippen LogP contribution in [0.2, 0.25) is 0 Å². The van der Waals surface area contributed by atoms with E-state index in [9.17, 15) is 43.2 Å². The van der Waals surface area contributed by atoms with E-state index in [2.05, 4.69) is 27.7 Å². The van der Waals surface area contributed by atoms with Gasteiger partial charge in [-0.2, -0.15) is 0 Å². The Morgan fingerprint density at radius 1 is 0.242 bits per heavy atom. The van der Waals surface area contributed by atoms with Crippen molar-refractivity contribution in [2.75, 3.05) is 39.6 Å². The second-order valence-electron chi connectivity index (χ2n) is 28.8. The van der Waals surface area contributed by atoms with E-state index in [4.69, 9.17) is 37.0 Å². The molecule has 0 fully saturated rings. The Kier molecular flexibility index (Phi) is 72.9. The summed E-state index contributed by atoms with van der Waals surface area (Å²) in [6.07, 6.45) is 66.7. The van der Waals surface area contributed by atoms with E-state index in [1.54, 1.807) is 0 Å². The predicted octanol–water partition coefficient (Wildman–Crippen LogP) is 24.2. The van der Waals surface area contributed by atoms with E-state index in [1.807, 2.05) is 0 Å². The van der Waals surface area contributed by atoms with Crippen LogP contribution in [0.1, 0.15) is 432 Å². The number of ether oxygens (including phenoxy) is 4. The predicted molar refractivity (Wildman–Crippen MR) is 405 cm³/mol. The molecule has 0 saturated carbocycles. The van der Waals surface area contributed by atoms with Crippen molar-refractivity contribution in [2.45, 2.75) is 451 Å². The van der Waals surface area contributed by atoms with E-state index >= 15 is 0 Å². The molecule has 0 radical (unpaired) electrons. The molecule has 5 atom stereocenters. The summed E-state index contributed by atoms with van der Waals surface area (Å²) in [5.74, 6) is -2.11. The van der Waals surface area contributed by atoms with Crippen molar-refractivity contribution in [1.82, 2.24) is 0 Å². The van der Waals surface area contributed by atoms with Crippen molar-refractivity contribution in [3.8, 4) is 0 Å². The highest BCUT2D eigenvalue weighted by atomic mass is 31.2. The largest absolute Gasteiger partial charge is 0.472 e. The number of rotatable bonds is 81. The van der Waals surface area contributed by atoms with Crippen LogP contribution in [0.15, 0.2) is 0 Å². The molecule has 0 spiro atoms. The molecule has 0 amide bonds. The fourth-order valence-corrected chi connectivity index (χ4v) is 14.0. The quantitative estimate of drug-likeness (QED) is 0.0222. The molecule has 0 aliphatic rings. The third kappa shape index (κ3) is 74.1. The minimum absolute atomic E-state index is 0.108. The zero-order valence-electron chi connectivity index (χ0n) is 64.5. The molecule has 0 rings (SSSR count). The van der Waals surface area contributed by atoms with Gasteiger partial charge in [-0.3, -0.25) is 37.3 Å². The Balaban J connectivity index is 5.19. The normalized spacial score (nSPS) is 13.8. The van der Waals surface area contributed by atoms with Crippen molar-refractivity contribution in [3.05, 3.63) is 0 Å². The summed E-state index contributed by atoms with van der Waals surface area (Å²) in [6.45, 7) is 4.99. The molecule has 0 aliphatic heterocycles. The summed E-state index contributed by atoms with van der Waals surface area (Å²) in [5.41, 5.74) is 0. The van der Waals surface area contributed by atoms with Gasteiger partial charge in [-0.15, -0.1) is 0 Å². The Bertz CT molecular complexity index is 1880. The number of carbonyl (C=O) groups is 4. The number of carbonyl (C=O) groups excluding carboxylic acids is 4. The molecule has 0 aliphatic carbocycles. The third-order valence-electron chi connectivity index (χ3n) is 18.9. The first-order valence-corrected chi connectivity index (χ1v) is 44.8. The van der Waals surface area contributed by atoms with Crippen LogP contribution in [0.5, 0.6) is 0 Å². The summed E-state index contributed by atoms with van der Waals surface area (Å²) in [7, 11) is -9.91. The van der Waals surface area contributed by atoms with Crippen molar-refractivity contribution in [1.29, 1.82) is 0 Å². The molecule has 0 aromatic carbocycles. The third-order valence-corrected chi connectivity index (χ3v) is 20.8. The summed E-state index contributed by atoms with van der Waals surface area (Å²) < 4.78 is 68.6. The fourth-order valence-electron chi connectivity index (χ4n) is 12.5. The number of hydrogen-bond acceptors (Lipinski definition) is 15. The monoisotopic (exact) mass is 1450 g/mol. The number of phosphoric acid groups is 2. The Morgan fingerprint density at radius 3 is 0.596 bits per heavy atom. The van der Waals surface area contributed by atoms with Gasteiger partial charge < -0.3 is 33.8 Å². The van der Waals surface area contributed by atoms with Crippen molar-refractivity contribution in [2.24, 2.45) is 0 Å². The summed E-state index contributed by atoms with van der Waals surface area (Å²) in [6, 6.07) is 0. The van der Waals surface area contributed by atoms with Gasteiger partial charge >= 0.3 is 39.5 Å². The molecule has 0 saturated heterocycles. The summed E-state index contributed by atoms with van der Waals surface area (Å²) in [5, 5.41) is 10.6. The van der Waals surface area contributed by atoms with Gasteiger partial charge in [-0.05, 0) is 25.7 Å². The van der Waals surface area contributed by atoms with Gasteiger partial charge in [0.15, 0.2) is 12.2 Å². The molecule has 0 bridgehead atoms. The van der Waals surface area contributed by atoms with Crippen LogP contribution in [0.3, 0.4) is 0 Å². The minimum atomic E-state index is -4.96. The van der Waals surface area contributed by atoms with Crippen molar-refractivity contribution >= 4 is 39.5 Å². The number of phosphoric ester groups is 2. The molecule has 99 heavy (non-hydrogen) atoms. The number of esters is 4. The molecule has 0 heterocycles. The zero-order valence-corrected chi connectivity index (χ0v) is 66.3. The average molecular weight is 1450 g/mol. The maximum absolute atomic E-state index is 13.1. The van der Waals surface area contributed by atoms with Crippen LogP contribution in [-0.2, 0) is 65.4 Å². The van der Waals surface area contributed by atoms with Gasteiger partial charge in [-0.1, -0.05) is 381 Å². The first kappa shape index (κ1) is 97.1. The Labute approximate surface area is 607 Å². The molecular weight excluding hydrogens is 1290 g/mol. The number of hydrogen-bond donors (Lipinski definition) is 3. The molecule has 0 aromatic heterocycles. The van der Waals surface area contributed by atoms with Crippen LogP contribution in [0.25, 0.3) is 0 Å². The number of aliphatic hydroxyl groups is 1. The number of aliphatic hydroxyl groups excluding tert-OH is 1. The van der Waals surface area contributed by atoms with Gasteiger partial charge in [0, 0.05) is 25.7 Å². The van der Waals surface area contributed by atoms with Gasteiger partial charge in [-0.25, -0.2) is 9.13 Å². The summed E-state index contributed by atoms with van der Waals surface area (Å²) >= 11 is 0. The zero-order chi connectivity index (χ0) is 72.5. The number of unbranched alkanes of at least 4 members (excludes halogenated alkanes) is 55. The van der Waals surface area contributed by atoms with Crippen molar-refractivity contribution < 1.29 is 80.2 Å². The highest BCUT2D eigenvalue weighted by Crippen LogP contribution is 2.45. The van der Waals surface area contributed by atoms with E-state index < -0.39 is 97.5 Å². The standard InChI is InChI=1S/C80H156O17P2/c1-5-9-13-17-21-25-28-31-33-35-37-38-40-42-45-48-51-55-59-63-67-80(85)97-76(71-91-78(83)65-61-57-53-49-46-44-41-39-36-34-32-29-26-22-18-14-10-6-2)73-95-99(88,89)93-69-74(81)68-92-98(86,87)94-72-75(70-90-77(82)64-60-56-52-24-20-16-12-8-4)96-79(84)66-62-58-54-50-47-43-30-27-23-19-15-11-7-3/h74-76,81H,5-73H2,1-4H3,(H,86,87)(H,88,89)/t74-,75+,76+/m0/s1. The SMILES string of the molecule is CCCCCCCCCCCCCCCCCCCCCCC(=O)O[C@H](COC(=O)CCCCCCCCCCCCCCCCCCCC)COP(=O)(O)OC[C@@H](O)COP(=O)(O)OC[C@@H](COC(=O)CCCCCCCCCC)OC(=O)CCCCCCCCCCCCCCC. The maximum Gasteiger partial charge on any atom is 0.472 e. The molecule has 0 aromatic rings. The Morgan fingerprint density at radius 2 is 0.404 bits per heavy atom. The maximum atomic E-state index is 13.1. The second kappa shape index (κ2) is 74.3. The fraction of sp³-hybridized carbons (Fsp3) is 0.950. The van der Waals surface area contributed by atoms with Gasteiger partial charge in [0.2, 0.25) is 0 Å². The summed E-state index contributed by atoms with van der Waals surface area (Å²) in [4.78, 5) is 72.9. The van der Waals surface area contributed by atoms with Crippen LogP contribution < -0.4 is 0 Å². The molecule has 17 nitrogen and oxygen atoms in total. The lowest BCUT2D eigenvalue weighted by molar-refractivity contribution is -0.161. The Hall–Kier alpha value is -1.94. The molecule has 19 heteroatoms. The average Bonchev–Trinajstić information content (AvgIpc) is 1.52. The van der Waals surface area contributed by atoms with Gasteiger partial charge in [0.1, 0.15) is 19.3 Å². The molecular formula is C80H156O17P2. The first-order chi connectivity index (χ1) is 48.2.